The molecule has 0 spiro atoms. The van der Waals surface area contributed by atoms with Crippen LogP contribution in [-0.4, -0.2) is 22.1 Å². The zero-order valence-electron chi connectivity index (χ0n) is 16.0. The molecule has 0 aliphatic heterocycles. The lowest BCUT2D eigenvalue weighted by molar-refractivity contribution is -0.115. The first kappa shape index (κ1) is 22.1. The number of aromatic carboxylic acids is 1. The Balaban J connectivity index is 1.97. The van der Waals surface area contributed by atoms with Crippen LogP contribution in [0.3, 0.4) is 0 Å². The molecule has 29 heavy (non-hydrogen) atoms. The zero-order chi connectivity index (χ0) is 21.4. The maximum Gasteiger partial charge on any atom is 0.337 e. The van der Waals surface area contributed by atoms with Crippen molar-refractivity contribution in [1.29, 1.82) is 0 Å². The van der Waals surface area contributed by atoms with Gasteiger partial charge in [-0.25, -0.2) is 4.79 Å². The molecular weight excluding hydrogens is 390 g/mol. The highest BCUT2D eigenvalue weighted by Gasteiger charge is 2.13. The third kappa shape index (κ3) is 6.75. The Morgan fingerprint density at radius 2 is 1.86 bits per heavy atom. The Labute approximate surface area is 174 Å². The third-order valence-electron chi connectivity index (χ3n) is 4.14. The van der Waals surface area contributed by atoms with Gasteiger partial charge in [0.1, 0.15) is 0 Å². The molecule has 2 aromatic carbocycles. The Bertz CT molecular complexity index is 975. The van der Waals surface area contributed by atoms with Crippen molar-refractivity contribution in [2.24, 2.45) is 0 Å². The quantitative estimate of drug-likeness (QED) is 0.529. The summed E-state index contributed by atoms with van der Waals surface area (Å²) < 4.78 is 0. The number of benzene rings is 2. The molecule has 2 rings (SSSR count). The minimum Gasteiger partial charge on any atom is -0.478 e. The number of rotatable bonds is 8. The van der Waals surface area contributed by atoms with Crippen LogP contribution in [0.1, 0.15) is 34.8 Å². The van der Waals surface area contributed by atoms with Crippen molar-refractivity contribution in [1.82, 2.24) is 0 Å². The number of aliphatic hydroxyl groups is 1. The Morgan fingerprint density at radius 3 is 2.48 bits per heavy atom. The van der Waals surface area contributed by atoms with Crippen LogP contribution in [-0.2, 0) is 11.4 Å². The van der Waals surface area contributed by atoms with Crippen molar-refractivity contribution in [2.45, 2.75) is 20.0 Å². The second-order valence-corrected chi connectivity index (χ2v) is 6.88. The first-order valence-electron chi connectivity index (χ1n) is 8.85. The number of amides is 1. The number of nitrogens with one attached hydrogen (secondary N) is 1. The fourth-order valence-electron chi connectivity index (χ4n) is 2.56. The van der Waals surface area contributed by atoms with E-state index in [1.54, 1.807) is 12.2 Å². The summed E-state index contributed by atoms with van der Waals surface area (Å²) in [5, 5.41) is 21.2. The van der Waals surface area contributed by atoms with Crippen LogP contribution in [0.4, 0.5) is 5.69 Å². The first-order valence-corrected chi connectivity index (χ1v) is 9.23. The van der Waals surface area contributed by atoms with Crippen molar-refractivity contribution >= 4 is 34.7 Å². The van der Waals surface area contributed by atoms with Gasteiger partial charge in [0.05, 0.1) is 24.3 Å². The highest BCUT2D eigenvalue weighted by molar-refractivity contribution is 6.31. The molecule has 3 N–H and O–H groups in total. The first-order chi connectivity index (χ1) is 13.8. The van der Waals surface area contributed by atoms with Crippen LogP contribution in [0, 0.1) is 0 Å². The number of carbonyl (C=O) groups is 2. The maximum absolute atomic E-state index is 12.2. The molecule has 0 aliphatic carbocycles. The molecule has 0 unspecified atom stereocenters. The van der Waals surface area contributed by atoms with Gasteiger partial charge in [-0.15, -0.1) is 0 Å². The van der Waals surface area contributed by atoms with Gasteiger partial charge in [-0.05, 0) is 47.4 Å². The van der Waals surface area contributed by atoms with Gasteiger partial charge in [0.25, 0.3) is 0 Å². The van der Waals surface area contributed by atoms with Crippen molar-refractivity contribution in [2.75, 3.05) is 5.32 Å². The van der Waals surface area contributed by atoms with Crippen molar-refractivity contribution in [3.8, 4) is 0 Å². The smallest absolute Gasteiger partial charge is 0.337 e. The molecule has 150 valence electrons. The lowest BCUT2D eigenvalue weighted by atomic mass is 10.0. The zero-order valence-corrected chi connectivity index (χ0v) is 16.7. The van der Waals surface area contributed by atoms with Crippen LogP contribution in [0.5, 0.6) is 0 Å². The summed E-state index contributed by atoms with van der Waals surface area (Å²) in [5.74, 6) is -1.53. The van der Waals surface area contributed by atoms with Gasteiger partial charge in [-0.3, -0.25) is 4.79 Å². The number of halogens is 1. The number of aliphatic hydroxyl groups excluding tert-OH is 1. The summed E-state index contributed by atoms with van der Waals surface area (Å²) in [6.45, 7) is 5.82. The molecule has 2 aromatic rings. The van der Waals surface area contributed by atoms with Gasteiger partial charge in [0.15, 0.2) is 0 Å². The summed E-state index contributed by atoms with van der Waals surface area (Å²) >= 11 is 5.88. The second-order valence-electron chi connectivity index (χ2n) is 6.44. The van der Waals surface area contributed by atoms with E-state index in [1.807, 2.05) is 37.3 Å². The van der Waals surface area contributed by atoms with Crippen LogP contribution in [0.2, 0.25) is 5.02 Å². The Hall–Kier alpha value is -3.15. The van der Waals surface area contributed by atoms with E-state index in [4.69, 9.17) is 16.7 Å². The van der Waals surface area contributed by atoms with E-state index in [-0.39, 0.29) is 30.2 Å². The van der Waals surface area contributed by atoms with Gasteiger partial charge in [-0.2, -0.15) is 0 Å². The highest BCUT2D eigenvalue weighted by Crippen LogP contribution is 2.22. The predicted molar refractivity (Wildman–Crippen MR) is 116 cm³/mol. The molecule has 0 aromatic heterocycles. The van der Waals surface area contributed by atoms with E-state index >= 15 is 0 Å². The standard InChI is InChI=1S/C23H22ClNO4/c1-15(4-3-5-16(2)18-8-6-17(14-26)7-9-18)12-22(27)25-21-13-19(24)10-11-20(21)23(28)29/h3-11,13,26H,1,12,14H2,2H3,(H,25,27)(H,28,29)/b4-3-,16-5+. The lowest BCUT2D eigenvalue weighted by Crippen LogP contribution is -2.14. The number of carbonyl (C=O) groups excluding carboxylic acids is 1. The molecule has 0 saturated heterocycles. The monoisotopic (exact) mass is 411 g/mol. The fourth-order valence-corrected chi connectivity index (χ4v) is 2.74. The largest absolute Gasteiger partial charge is 0.478 e. The van der Waals surface area contributed by atoms with Gasteiger partial charge in [0.2, 0.25) is 5.91 Å². The average Bonchev–Trinajstić information content (AvgIpc) is 2.67. The fraction of sp³-hybridized carbons (Fsp3) is 0.130. The number of allylic oxidation sites excluding steroid dienone is 4. The van der Waals surface area contributed by atoms with Crippen LogP contribution in [0.15, 0.2) is 72.8 Å². The van der Waals surface area contributed by atoms with Crippen molar-refractivity contribution in [3.63, 3.8) is 0 Å². The number of hydrogen-bond donors (Lipinski definition) is 3. The van der Waals surface area contributed by atoms with E-state index in [1.165, 1.54) is 18.2 Å². The number of hydrogen-bond acceptors (Lipinski definition) is 3. The molecule has 0 bridgehead atoms. The molecule has 0 atom stereocenters. The van der Waals surface area contributed by atoms with Crippen LogP contribution in [0.25, 0.3) is 5.57 Å². The molecule has 0 radical (unpaired) electrons. The molecular formula is C23H22ClNO4. The molecule has 0 fully saturated rings. The summed E-state index contributed by atoms with van der Waals surface area (Å²) in [7, 11) is 0. The molecule has 0 aliphatic rings. The van der Waals surface area contributed by atoms with E-state index < -0.39 is 5.97 Å². The number of carboxylic acid groups (broad SMARTS) is 1. The molecule has 6 heteroatoms. The van der Waals surface area contributed by atoms with E-state index in [9.17, 15) is 14.7 Å². The van der Waals surface area contributed by atoms with Crippen LogP contribution < -0.4 is 5.32 Å². The second kappa shape index (κ2) is 10.4. The summed E-state index contributed by atoms with van der Waals surface area (Å²) in [4.78, 5) is 23.5. The molecule has 0 saturated carbocycles. The molecule has 5 nitrogen and oxygen atoms in total. The van der Waals surface area contributed by atoms with E-state index in [0.29, 0.717) is 10.6 Å². The Kier molecular flexibility index (Phi) is 7.95. The third-order valence-corrected chi connectivity index (χ3v) is 4.38. The van der Waals surface area contributed by atoms with Crippen molar-refractivity contribution < 1.29 is 19.8 Å². The summed E-state index contributed by atoms with van der Waals surface area (Å²) in [6.07, 6.45) is 5.44. The minimum atomic E-state index is -1.15. The minimum absolute atomic E-state index is 0.00791. The summed E-state index contributed by atoms with van der Waals surface area (Å²) in [6, 6.07) is 11.8. The predicted octanol–water partition coefficient (Wildman–Crippen LogP) is 5.08. The maximum atomic E-state index is 12.2. The topological polar surface area (TPSA) is 86.6 Å². The molecule has 1 amide bonds. The highest BCUT2D eigenvalue weighted by atomic mass is 35.5. The summed E-state index contributed by atoms with van der Waals surface area (Å²) in [5.41, 5.74) is 3.58. The lowest BCUT2D eigenvalue weighted by Gasteiger charge is -2.09. The van der Waals surface area contributed by atoms with Crippen molar-refractivity contribution in [3.05, 3.63) is 94.6 Å². The van der Waals surface area contributed by atoms with E-state index in [2.05, 4.69) is 11.9 Å². The molecule has 0 heterocycles. The van der Waals surface area contributed by atoms with Gasteiger partial charge in [0, 0.05) is 5.02 Å². The SMILES string of the molecule is C=C(/C=C\C=C(/C)c1ccc(CO)cc1)CC(=O)Nc1cc(Cl)ccc1C(=O)O. The normalized spacial score (nSPS) is 11.5. The number of anilines is 1. The van der Waals surface area contributed by atoms with Gasteiger partial charge >= 0.3 is 5.97 Å². The van der Waals surface area contributed by atoms with E-state index in [0.717, 1.165) is 16.7 Å². The Morgan fingerprint density at radius 1 is 1.17 bits per heavy atom. The van der Waals surface area contributed by atoms with Gasteiger partial charge < -0.3 is 15.5 Å². The van der Waals surface area contributed by atoms with Gasteiger partial charge in [-0.1, -0.05) is 60.7 Å². The van der Waals surface area contributed by atoms with Crippen LogP contribution >= 0.6 is 11.6 Å². The average molecular weight is 412 g/mol. The number of carboxylic acids is 1.